The summed E-state index contributed by atoms with van der Waals surface area (Å²) in [6, 6.07) is 23.7. The SMILES string of the molecule is O=C(CCc1ccccc1)Nc1nc2n(n1)[C@H](c1ccc(F)cc1)C[C@@H](c1ccc(Cl)cc1)N2. The number of aryl methyl sites for hydroxylation is 1. The predicted octanol–water partition coefficient (Wildman–Crippen LogP) is 5.79. The van der Waals surface area contributed by atoms with E-state index in [1.807, 2.05) is 54.6 Å². The predicted molar refractivity (Wildman–Crippen MR) is 130 cm³/mol. The van der Waals surface area contributed by atoms with Gasteiger partial charge in [0.2, 0.25) is 11.9 Å². The number of anilines is 2. The summed E-state index contributed by atoms with van der Waals surface area (Å²) in [5.74, 6) is 0.333. The van der Waals surface area contributed by atoms with Crippen LogP contribution in [-0.4, -0.2) is 20.7 Å². The first-order valence-corrected chi connectivity index (χ1v) is 11.5. The molecule has 0 unspecified atom stereocenters. The number of benzene rings is 3. The lowest BCUT2D eigenvalue weighted by Gasteiger charge is -2.31. The van der Waals surface area contributed by atoms with E-state index < -0.39 is 0 Å². The van der Waals surface area contributed by atoms with Crippen LogP contribution in [0.25, 0.3) is 0 Å². The van der Waals surface area contributed by atoms with E-state index in [9.17, 15) is 9.18 Å². The van der Waals surface area contributed by atoms with Crippen molar-refractivity contribution in [3.05, 3.63) is 106 Å². The van der Waals surface area contributed by atoms with Crippen LogP contribution in [0.2, 0.25) is 5.02 Å². The Morgan fingerprint density at radius 1 is 1.03 bits per heavy atom. The normalized spacial score (nSPS) is 17.0. The molecule has 4 aromatic rings. The van der Waals surface area contributed by atoms with E-state index in [0.717, 1.165) is 16.7 Å². The molecule has 1 aliphatic rings. The lowest BCUT2D eigenvalue weighted by molar-refractivity contribution is -0.116. The van der Waals surface area contributed by atoms with Crippen molar-refractivity contribution in [2.24, 2.45) is 0 Å². The van der Waals surface area contributed by atoms with Crippen LogP contribution >= 0.6 is 11.6 Å². The molecule has 3 aromatic carbocycles. The van der Waals surface area contributed by atoms with E-state index in [1.165, 1.54) is 12.1 Å². The molecule has 1 amide bonds. The smallest absolute Gasteiger partial charge is 0.250 e. The summed E-state index contributed by atoms with van der Waals surface area (Å²) in [5, 5.41) is 11.5. The van der Waals surface area contributed by atoms with Crippen molar-refractivity contribution in [2.75, 3.05) is 10.6 Å². The number of carbonyl (C=O) groups excluding carboxylic acids is 1. The van der Waals surface area contributed by atoms with Gasteiger partial charge in [-0.2, -0.15) is 4.98 Å². The van der Waals surface area contributed by atoms with Crippen LogP contribution in [0.15, 0.2) is 78.9 Å². The molecule has 2 heterocycles. The molecule has 0 saturated carbocycles. The summed E-state index contributed by atoms with van der Waals surface area (Å²) in [7, 11) is 0. The van der Waals surface area contributed by atoms with E-state index >= 15 is 0 Å². The zero-order chi connectivity index (χ0) is 23.5. The number of nitrogens with zero attached hydrogens (tertiary/aromatic N) is 3. The Morgan fingerprint density at radius 2 is 1.74 bits per heavy atom. The van der Waals surface area contributed by atoms with E-state index in [4.69, 9.17) is 11.6 Å². The summed E-state index contributed by atoms with van der Waals surface area (Å²) in [4.78, 5) is 17.1. The second-order valence-corrected chi connectivity index (χ2v) is 8.73. The Labute approximate surface area is 201 Å². The minimum Gasteiger partial charge on any atom is -0.347 e. The van der Waals surface area contributed by atoms with Crippen molar-refractivity contribution < 1.29 is 9.18 Å². The third kappa shape index (κ3) is 4.94. The van der Waals surface area contributed by atoms with Gasteiger partial charge >= 0.3 is 0 Å². The molecule has 2 atom stereocenters. The lowest BCUT2D eigenvalue weighted by atomic mass is 9.93. The molecule has 0 saturated heterocycles. The molecule has 8 heteroatoms. The number of carbonyl (C=O) groups is 1. The molecule has 6 nitrogen and oxygen atoms in total. The van der Waals surface area contributed by atoms with E-state index in [0.29, 0.717) is 30.2 Å². The largest absolute Gasteiger partial charge is 0.347 e. The molecule has 34 heavy (non-hydrogen) atoms. The molecule has 172 valence electrons. The van der Waals surface area contributed by atoms with Gasteiger partial charge in [0.15, 0.2) is 0 Å². The zero-order valence-electron chi connectivity index (χ0n) is 18.3. The van der Waals surface area contributed by atoms with Gasteiger partial charge in [0, 0.05) is 11.4 Å². The number of rotatable bonds is 6. The van der Waals surface area contributed by atoms with Gasteiger partial charge in [-0.1, -0.05) is 66.2 Å². The molecule has 1 aromatic heterocycles. The molecule has 2 N–H and O–H groups in total. The first kappa shape index (κ1) is 22.1. The van der Waals surface area contributed by atoms with E-state index in [1.54, 1.807) is 16.8 Å². The van der Waals surface area contributed by atoms with Crippen molar-refractivity contribution in [3.63, 3.8) is 0 Å². The fourth-order valence-electron chi connectivity index (χ4n) is 4.20. The van der Waals surface area contributed by atoms with Gasteiger partial charge in [-0.3, -0.25) is 10.1 Å². The van der Waals surface area contributed by atoms with Gasteiger partial charge in [0.05, 0.1) is 12.1 Å². The fourth-order valence-corrected chi connectivity index (χ4v) is 4.32. The summed E-state index contributed by atoms with van der Waals surface area (Å²) in [6.07, 6.45) is 1.64. The van der Waals surface area contributed by atoms with Gasteiger partial charge in [0.1, 0.15) is 5.82 Å². The standard InChI is InChI=1S/C26H23ClFN5O/c27-20-11-7-18(8-12-20)22-16-23(19-9-13-21(28)14-10-19)33-26(29-22)31-25(32-33)30-24(34)15-6-17-4-2-1-3-5-17/h1-5,7-14,22-23H,6,15-16H2,(H2,29,30,31,32,34)/t22-,23-/m0/s1. The number of hydrogen-bond donors (Lipinski definition) is 2. The molecule has 0 bridgehead atoms. The number of fused-ring (bicyclic) bond motifs is 1. The monoisotopic (exact) mass is 475 g/mol. The highest BCUT2D eigenvalue weighted by molar-refractivity contribution is 6.30. The molecule has 0 fully saturated rings. The van der Waals surface area contributed by atoms with Crippen molar-refractivity contribution in [2.45, 2.75) is 31.3 Å². The Morgan fingerprint density at radius 3 is 2.47 bits per heavy atom. The van der Waals surface area contributed by atoms with Gasteiger partial charge in [-0.15, -0.1) is 5.10 Å². The van der Waals surface area contributed by atoms with Gasteiger partial charge in [-0.05, 0) is 53.8 Å². The van der Waals surface area contributed by atoms with E-state index in [-0.39, 0.29) is 29.8 Å². The second-order valence-electron chi connectivity index (χ2n) is 8.29. The molecule has 0 spiro atoms. The molecule has 1 aliphatic heterocycles. The van der Waals surface area contributed by atoms with Crippen LogP contribution < -0.4 is 10.6 Å². The second kappa shape index (κ2) is 9.65. The zero-order valence-corrected chi connectivity index (χ0v) is 19.0. The van der Waals surface area contributed by atoms with Crippen LogP contribution in [0.1, 0.15) is 41.6 Å². The van der Waals surface area contributed by atoms with Gasteiger partial charge in [-0.25, -0.2) is 9.07 Å². The highest BCUT2D eigenvalue weighted by Crippen LogP contribution is 2.38. The number of hydrogen-bond acceptors (Lipinski definition) is 4. The van der Waals surface area contributed by atoms with Gasteiger partial charge < -0.3 is 5.32 Å². The first-order chi connectivity index (χ1) is 16.5. The summed E-state index contributed by atoms with van der Waals surface area (Å²) in [5.41, 5.74) is 3.06. The van der Waals surface area contributed by atoms with Crippen LogP contribution in [0, 0.1) is 5.82 Å². The lowest BCUT2D eigenvalue weighted by Crippen LogP contribution is -2.28. The quantitative estimate of drug-likeness (QED) is 0.370. The number of amides is 1. The molecular weight excluding hydrogens is 453 g/mol. The van der Waals surface area contributed by atoms with Crippen LogP contribution in [-0.2, 0) is 11.2 Å². The van der Waals surface area contributed by atoms with Gasteiger partial charge in [0.25, 0.3) is 5.95 Å². The van der Waals surface area contributed by atoms with Crippen LogP contribution in [0.4, 0.5) is 16.3 Å². The third-order valence-corrected chi connectivity index (χ3v) is 6.20. The fraction of sp³-hybridized carbons (Fsp3) is 0.192. The minimum absolute atomic E-state index is 0.0503. The topological polar surface area (TPSA) is 71.8 Å². The van der Waals surface area contributed by atoms with Crippen molar-refractivity contribution >= 4 is 29.4 Å². The molecule has 5 rings (SSSR count). The number of nitrogens with one attached hydrogen (secondary N) is 2. The Balaban J connectivity index is 1.38. The Kier molecular flexibility index (Phi) is 6.27. The van der Waals surface area contributed by atoms with Crippen molar-refractivity contribution in [1.82, 2.24) is 14.8 Å². The van der Waals surface area contributed by atoms with Crippen molar-refractivity contribution in [3.8, 4) is 0 Å². The minimum atomic E-state index is -0.294. The third-order valence-electron chi connectivity index (χ3n) is 5.95. The van der Waals surface area contributed by atoms with Crippen LogP contribution in [0.3, 0.4) is 0 Å². The highest BCUT2D eigenvalue weighted by atomic mass is 35.5. The maximum atomic E-state index is 13.6. The molecule has 0 aliphatic carbocycles. The summed E-state index contributed by atoms with van der Waals surface area (Å²) >= 11 is 6.06. The number of halogens is 2. The van der Waals surface area contributed by atoms with Crippen molar-refractivity contribution in [1.29, 1.82) is 0 Å². The molecule has 0 radical (unpaired) electrons. The molecular formula is C26H23ClFN5O. The summed E-state index contributed by atoms with van der Waals surface area (Å²) in [6.45, 7) is 0. The average molecular weight is 476 g/mol. The van der Waals surface area contributed by atoms with Crippen LogP contribution in [0.5, 0.6) is 0 Å². The average Bonchev–Trinajstić information content (AvgIpc) is 3.26. The maximum Gasteiger partial charge on any atom is 0.250 e. The summed E-state index contributed by atoms with van der Waals surface area (Å²) < 4.78 is 15.3. The highest BCUT2D eigenvalue weighted by Gasteiger charge is 2.31. The number of aromatic nitrogens is 3. The Hall–Kier alpha value is -3.71. The van der Waals surface area contributed by atoms with E-state index in [2.05, 4.69) is 20.7 Å². The first-order valence-electron chi connectivity index (χ1n) is 11.1. The maximum absolute atomic E-state index is 13.6. The Bertz CT molecular complexity index is 1280.